The molecule has 0 radical (unpaired) electrons. The van der Waals surface area contributed by atoms with E-state index in [9.17, 15) is 9.59 Å². The number of amides is 1. The fraction of sp³-hybridized carbons (Fsp3) is 0.316. The normalized spacial score (nSPS) is 12.2. The third kappa shape index (κ3) is 4.37. The number of hydrogen-bond donors (Lipinski definition) is 2. The van der Waals surface area contributed by atoms with Crippen molar-refractivity contribution in [2.24, 2.45) is 0 Å². The molecule has 0 aliphatic heterocycles. The Balaban J connectivity index is 1.74. The van der Waals surface area contributed by atoms with Gasteiger partial charge >= 0.3 is 5.97 Å². The van der Waals surface area contributed by atoms with Crippen LogP contribution in [0.1, 0.15) is 44.5 Å². The number of halogens is 1. The predicted octanol–water partition coefficient (Wildman–Crippen LogP) is 4.31. The van der Waals surface area contributed by atoms with Gasteiger partial charge in [0.05, 0.1) is 23.8 Å². The molecule has 0 unspecified atom stereocenters. The molecule has 0 spiro atoms. The standard InChI is InChI=1S/C19H19BrN2O4S2/c1-3-26-18(24)15-11-5-4-6-14(11)28-17(15)22-19(27)21-16(23)10-7-8-13(25-2)12(20)9-10/h7-9H,3-6H2,1-2H3,(H2,21,22,23,27). The number of thiocarbonyl (C=S) groups is 1. The van der Waals surface area contributed by atoms with Crippen LogP contribution in [0.5, 0.6) is 5.75 Å². The van der Waals surface area contributed by atoms with E-state index in [1.807, 2.05) is 0 Å². The van der Waals surface area contributed by atoms with Crippen LogP contribution in [0, 0.1) is 0 Å². The molecule has 3 rings (SSSR count). The van der Waals surface area contributed by atoms with Crippen molar-refractivity contribution in [3.63, 3.8) is 0 Å². The number of ether oxygens (including phenoxy) is 2. The molecule has 1 aromatic heterocycles. The second kappa shape index (κ2) is 9.02. The van der Waals surface area contributed by atoms with E-state index < -0.39 is 0 Å². The minimum Gasteiger partial charge on any atom is -0.496 e. The second-order valence-electron chi connectivity index (χ2n) is 6.04. The van der Waals surface area contributed by atoms with Crippen molar-refractivity contribution in [1.29, 1.82) is 0 Å². The number of esters is 1. The van der Waals surface area contributed by atoms with Gasteiger partial charge in [-0.25, -0.2) is 4.79 Å². The zero-order valence-corrected chi connectivity index (χ0v) is 18.6. The molecule has 0 saturated carbocycles. The molecular weight excluding hydrogens is 464 g/mol. The van der Waals surface area contributed by atoms with Crippen molar-refractivity contribution in [3.8, 4) is 5.75 Å². The maximum absolute atomic E-state index is 12.5. The molecule has 6 nitrogen and oxygen atoms in total. The molecule has 9 heteroatoms. The molecule has 1 aliphatic carbocycles. The smallest absolute Gasteiger partial charge is 0.341 e. The minimum absolute atomic E-state index is 0.127. The highest BCUT2D eigenvalue weighted by atomic mass is 79.9. The summed E-state index contributed by atoms with van der Waals surface area (Å²) in [7, 11) is 1.55. The van der Waals surface area contributed by atoms with Crippen LogP contribution in [0.3, 0.4) is 0 Å². The van der Waals surface area contributed by atoms with Gasteiger partial charge in [-0.3, -0.25) is 10.1 Å². The van der Waals surface area contributed by atoms with Gasteiger partial charge in [0, 0.05) is 10.4 Å². The van der Waals surface area contributed by atoms with Crippen LogP contribution in [-0.4, -0.2) is 30.7 Å². The van der Waals surface area contributed by atoms with E-state index in [-0.39, 0.29) is 17.0 Å². The number of thiophene rings is 1. The maximum atomic E-state index is 12.5. The van der Waals surface area contributed by atoms with Crippen LogP contribution in [-0.2, 0) is 17.6 Å². The molecular formula is C19H19BrN2O4S2. The molecule has 2 aromatic rings. The highest BCUT2D eigenvalue weighted by Crippen LogP contribution is 2.39. The van der Waals surface area contributed by atoms with Gasteiger partial charge in [0.1, 0.15) is 10.8 Å². The molecule has 148 valence electrons. The van der Waals surface area contributed by atoms with Gasteiger partial charge in [-0.2, -0.15) is 0 Å². The highest BCUT2D eigenvalue weighted by Gasteiger charge is 2.28. The number of carbonyl (C=O) groups is 2. The summed E-state index contributed by atoms with van der Waals surface area (Å²) in [5.41, 5.74) is 1.98. The summed E-state index contributed by atoms with van der Waals surface area (Å²) >= 11 is 10.1. The van der Waals surface area contributed by atoms with E-state index in [1.54, 1.807) is 32.2 Å². The van der Waals surface area contributed by atoms with Gasteiger partial charge in [-0.15, -0.1) is 11.3 Å². The van der Waals surface area contributed by atoms with E-state index in [0.717, 1.165) is 24.8 Å². The van der Waals surface area contributed by atoms with Crippen molar-refractivity contribution in [2.45, 2.75) is 26.2 Å². The largest absolute Gasteiger partial charge is 0.496 e. The van der Waals surface area contributed by atoms with Crippen LogP contribution in [0.2, 0.25) is 0 Å². The van der Waals surface area contributed by atoms with Gasteiger partial charge in [0.2, 0.25) is 0 Å². The number of fused-ring (bicyclic) bond motifs is 1. The summed E-state index contributed by atoms with van der Waals surface area (Å²) in [6.07, 6.45) is 2.81. The summed E-state index contributed by atoms with van der Waals surface area (Å²) in [5.74, 6) is -0.0929. The predicted molar refractivity (Wildman–Crippen MR) is 117 cm³/mol. The van der Waals surface area contributed by atoms with Crippen molar-refractivity contribution in [2.75, 3.05) is 19.0 Å². The van der Waals surface area contributed by atoms with Crippen molar-refractivity contribution in [1.82, 2.24) is 5.32 Å². The number of benzene rings is 1. The number of nitrogens with one attached hydrogen (secondary N) is 2. The lowest BCUT2D eigenvalue weighted by atomic mass is 10.1. The average Bonchev–Trinajstić information content (AvgIpc) is 3.22. The van der Waals surface area contributed by atoms with E-state index >= 15 is 0 Å². The summed E-state index contributed by atoms with van der Waals surface area (Å²) < 4.78 is 11.0. The van der Waals surface area contributed by atoms with E-state index in [4.69, 9.17) is 21.7 Å². The lowest BCUT2D eigenvalue weighted by Crippen LogP contribution is -2.34. The molecule has 1 amide bonds. The van der Waals surface area contributed by atoms with Gasteiger partial charge in [-0.1, -0.05) is 0 Å². The van der Waals surface area contributed by atoms with Gasteiger partial charge in [0.15, 0.2) is 5.11 Å². The second-order valence-corrected chi connectivity index (χ2v) is 8.41. The summed E-state index contributed by atoms with van der Waals surface area (Å²) in [6, 6.07) is 4.99. The fourth-order valence-corrected chi connectivity index (χ4v) is 5.11. The molecule has 28 heavy (non-hydrogen) atoms. The van der Waals surface area contributed by atoms with Crippen LogP contribution < -0.4 is 15.4 Å². The van der Waals surface area contributed by atoms with Crippen molar-refractivity contribution < 1.29 is 19.1 Å². The molecule has 1 heterocycles. The number of hydrogen-bond acceptors (Lipinski definition) is 6. The summed E-state index contributed by atoms with van der Waals surface area (Å²) in [4.78, 5) is 26.0. The number of rotatable bonds is 5. The fourth-order valence-electron chi connectivity index (χ4n) is 3.03. The number of aryl methyl sites for hydroxylation is 1. The lowest BCUT2D eigenvalue weighted by molar-refractivity contribution is 0.0527. The Morgan fingerprint density at radius 1 is 1.32 bits per heavy atom. The first-order valence-electron chi connectivity index (χ1n) is 8.72. The van der Waals surface area contributed by atoms with Crippen LogP contribution in [0.4, 0.5) is 5.00 Å². The third-order valence-electron chi connectivity index (χ3n) is 4.27. The van der Waals surface area contributed by atoms with Crippen LogP contribution in [0.15, 0.2) is 22.7 Å². The Morgan fingerprint density at radius 2 is 2.11 bits per heavy atom. The van der Waals surface area contributed by atoms with Crippen molar-refractivity contribution in [3.05, 3.63) is 44.2 Å². The minimum atomic E-state index is -0.363. The van der Waals surface area contributed by atoms with Crippen LogP contribution >= 0.6 is 39.5 Å². The zero-order valence-electron chi connectivity index (χ0n) is 15.4. The Morgan fingerprint density at radius 3 is 2.79 bits per heavy atom. The molecule has 0 bridgehead atoms. The molecule has 2 N–H and O–H groups in total. The van der Waals surface area contributed by atoms with Crippen LogP contribution in [0.25, 0.3) is 0 Å². The molecule has 0 fully saturated rings. The Kier molecular flexibility index (Phi) is 6.69. The van der Waals surface area contributed by atoms with Crippen molar-refractivity contribution >= 4 is 61.5 Å². The zero-order chi connectivity index (χ0) is 20.3. The average molecular weight is 483 g/mol. The lowest BCUT2D eigenvalue weighted by Gasteiger charge is -2.11. The van der Waals surface area contributed by atoms with E-state index in [2.05, 4.69) is 26.6 Å². The molecule has 0 saturated heterocycles. The highest BCUT2D eigenvalue weighted by molar-refractivity contribution is 9.10. The summed E-state index contributed by atoms with van der Waals surface area (Å²) in [5, 5.41) is 6.39. The topological polar surface area (TPSA) is 76.7 Å². The van der Waals surface area contributed by atoms with Gasteiger partial charge in [0.25, 0.3) is 5.91 Å². The first-order valence-corrected chi connectivity index (χ1v) is 10.7. The Labute approximate surface area is 180 Å². The molecule has 1 aromatic carbocycles. The quantitative estimate of drug-likeness (QED) is 0.488. The monoisotopic (exact) mass is 482 g/mol. The number of anilines is 1. The Hall–Kier alpha value is -1.97. The van der Waals surface area contributed by atoms with Gasteiger partial charge in [-0.05, 0) is 78.1 Å². The third-order valence-corrected chi connectivity index (χ3v) is 6.30. The first kappa shape index (κ1) is 20.8. The van der Waals surface area contributed by atoms with E-state index in [0.29, 0.717) is 33.0 Å². The summed E-state index contributed by atoms with van der Waals surface area (Å²) in [6.45, 7) is 2.08. The maximum Gasteiger partial charge on any atom is 0.341 e. The number of methoxy groups -OCH3 is 1. The number of carbonyl (C=O) groups excluding carboxylic acids is 2. The first-order chi connectivity index (χ1) is 13.4. The van der Waals surface area contributed by atoms with Gasteiger partial charge < -0.3 is 14.8 Å². The SMILES string of the molecule is CCOC(=O)c1c(NC(=S)NC(=O)c2ccc(OC)c(Br)c2)sc2c1CCC2. The van der Waals surface area contributed by atoms with E-state index in [1.165, 1.54) is 16.2 Å². The molecule has 0 atom stereocenters. The molecule has 1 aliphatic rings. The Bertz CT molecular complexity index is 942.